The van der Waals surface area contributed by atoms with Crippen LogP contribution in [0.15, 0.2) is 17.0 Å². The van der Waals surface area contributed by atoms with Crippen molar-refractivity contribution >= 4 is 10.0 Å². The topological polar surface area (TPSA) is 49.4 Å². The van der Waals surface area contributed by atoms with Crippen molar-refractivity contribution in [1.29, 1.82) is 0 Å². The average molecular weight is 322 g/mol. The molecule has 118 valence electrons. The second kappa shape index (κ2) is 6.33. The van der Waals surface area contributed by atoms with Gasteiger partial charge in [-0.2, -0.15) is 4.31 Å². The molecule has 2 rings (SSSR count). The van der Waals surface area contributed by atoms with Crippen LogP contribution in [0.25, 0.3) is 0 Å². The average Bonchev–Trinajstić information content (AvgIpc) is 2.43. The fourth-order valence-corrected chi connectivity index (χ4v) is 4.15. The van der Waals surface area contributed by atoms with Gasteiger partial charge in [0.05, 0.1) is 0 Å². The number of rotatable bonds is 4. The summed E-state index contributed by atoms with van der Waals surface area (Å²) in [6.07, 6.45) is 1.52. The Morgan fingerprint density at radius 2 is 1.90 bits per heavy atom. The highest BCUT2D eigenvalue weighted by Crippen LogP contribution is 2.26. The Labute approximate surface area is 122 Å². The summed E-state index contributed by atoms with van der Waals surface area (Å²) < 4.78 is 65.8. The van der Waals surface area contributed by atoms with Crippen molar-refractivity contribution in [2.75, 3.05) is 26.7 Å². The van der Waals surface area contributed by atoms with Gasteiger partial charge in [0.2, 0.25) is 10.0 Å². The maximum absolute atomic E-state index is 13.7. The van der Waals surface area contributed by atoms with Crippen LogP contribution in [0.4, 0.5) is 13.2 Å². The number of nitrogens with zero attached hydrogens (tertiary/aromatic N) is 1. The van der Waals surface area contributed by atoms with Crippen LogP contribution >= 0.6 is 0 Å². The van der Waals surface area contributed by atoms with E-state index in [1.54, 1.807) is 7.05 Å². The first-order chi connectivity index (χ1) is 9.86. The third-order valence-corrected chi connectivity index (χ3v) is 5.45. The number of sulfonamides is 1. The lowest BCUT2D eigenvalue weighted by atomic mass is 10.00. The molecule has 1 N–H and O–H groups in total. The number of halogens is 3. The van der Waals surface area contributed by atoms with Gasteiger partial charge < -0.3 is 5.32 Å². The highest BCUT2D eigenvalue weighted by atomic mass is 32.2. The van der Waals surface area contributed by atoms with E-state index in [0.717, 1.165) is 10.7 Å². The highest BCUT2D eigenvalue weighted by Gasteiger charge is 2.32. The summed E-state index contributed by atoms with van der Waals surface area (Å²) in [5.41, 5.74) is 0. The summed E-state index contributed by atoms with van der Waals surface area (Å²) in [5.74, 6) is -3.94. The molecule has 1 atom stereocenters. The van der Waals surface area contributed by atoms with Gasteiger partial charge in [0.15, 0.2) is 11.6 Å². The van der Waals surface area contributed by atoms with Gasteiger partial charge >= 0.3 is 0 Å². The van der Waals surface area contributed by atoms with Crippen LogP contribution in [0, 0.1) is 23.4 Å². The number of hydrogen-bond acceptors (Lipinski definition) is 3. The normalized spacial score (nSPS) is 20.7. The van der Waals surface area contributed by atoms with Gasteiger partial charge in [-0.25, -0.2) is 21.6 Å². The van der Waals surface area contributed by atoms with Crippen LogP contribution in [-0.2, 0) is 10.0 Å². The summed E-state index contributed by atoms with van der Waals surface area (Å²) in [6, 6.07) is 0.666. The lowest BCUT2D eigenvalue weighted by Gasteiger charge is -2.31. The van der Waals surface area contributed by atoms with E-state index in [4.69, 9.17) is 0 Å². The number of piperidine rings is 1. The van der Waals surface area contributed by atoms with Gasteiger partial charge in [0, 0.05) is 19.2 Å². The first-order valence-electron chi connectivity index (χ1n) is 6.65. The summed E-state index contributed by atoms with van der Waals surface area (Å²) in [4.78, 5) is -0.813. The standard InChI is InChI=1S/C13H17F3N2O2S/c1-17-7-9-3-2-4-18(8-9)21(19,20)13-6-11(15)10(14)5-12(13)16/h5-6,9,17H,2-4,7-8H2,1H3. The van der Waals surface area contributed by atoms with Crippen LogP contribution in [0.3, 0.4) is 0 Å². The first-order valence-corrected chi connectivity index (χ1v) is 8.09. The van der Waals surface area contributed by atoms with Crippen molar-refractivity contribution in [3.05, 3.63) is 29.6 Å². The minimum absolute atomic E-state index is 0.117. The zero-order chi connectivity index (χ0) is 15.6. The van der Waals surface area contributed by atoms with Crippen molar-refractivity contribution in [3.63, 3.8) is 0 Å². The minimum atomic E-state index is -4.16. The Balaban J connectivity index is 2.31. The van der Waals surface area contributed by atoms with E-state index < -0.39 is 32.4 Å². The van der Waals surface area contributed by atoms with Gasteiger partial charge in [-0.05, 0) is 38.4 Å². The van der Waals surface area contributed by atoms with Gasteiger partial charge in [-0.15, -0.1) is 0 Å². The predicted molar refractivity (Wildman–Crippen MR) is 71.7 cm³/mol. The number of nitrogens with one attached hydrogen (secondary N) is 1. The predicted octanol–water partition coefficient (Wildman–Crippen LogP) is 1.72. The fourth-order valence-electron chi connectivity index (χ4n) is 2.54. The molecular weight excluding hydrogens is 305 g/mol. The molecule has 1 aromatic rings. The molecule has 8 heteroatoms. The van der Waals surface area contributed by atoms with E-state index >= 15 is 0 Å². The fraction of sp³-hybridized carbons (Fsp3) is 0.538. The van der Waals surface area contributed by atoms with Gasteiger partial charge in [-0.1, -0.05) is 0 Å². The molecule has 0 bridgehead atoms. The molecule has 1 aromatic carbocycles. The molecule has 1 fully saturated rings. The van der Waals surface area contributed by atoms with Gasteiger partial charge in [0.1, 0.15) is 10.7 Å². The SMILES string of the molecule is CNCC1CCCN(S(=O)(=O)c2cc(F)c(F)cc2F)C1. The minimum Gasteiger partial charge on any atom is -0.319 e. The molecule has 1 aliphatic rings. The van der Waals surface area contributed by atoms with Gasteiger partial charge in [-0.3, -0.25) is 0 Å². The molecule has 0 aromatic heterocycles. The summed E-state index contributed by atoms with van der Waals surface area (Å²) >= 11 is 0. The first kappa shape index (κ1) is 16.3. The quantitative estimate of drug-likeness (QED) is 0.859. The molecule has 1 aliphatic heterocycles. The van der Waals surface area contributed by atoms with Crippen molar-refractivity contribution in [3.8, 4) is 0 Å². The van der Waals surface area contributed by atoms with Crippen molar-refractivity contribution in [1.82, 2.24) is 9.62 Å². The molecule has 21 heavy (non-hydrogen) atoms. The second-order valence-corrected chi connectivity index (χ2v) is 7.03. The molecule has 0 aliphatic carbocycles. The molecule has 1 heterocycles. The Morgan fingerprint density at radius 3 is 2.57 bits per heavy atom. The van der Waals surface area contributed by atoms with E-state index in [2.05, 4.69) is 5.32 Å². The van der Waals surface area contributed by atoms with Crippen LogP contribution in [-0.4, -0.2) is 39.4 Å². The van der Waals surface area contributed by atoms with E-state index in [1.165, 1.54) is 0 Å². The molecule has 4 nitrogen and oxygen atoms in total. The molecule has 1 unspecified atom stereocenters. The van der Waals surface area contributed by atoms with Crippen molar-refractivity contribution in [2.45, 2.75) is 17.7 Å². The Kier molecular flexibility index (Phi) is 4.90. The van der Waals surface area contributed by atoms with Crippen molar-refractivity contribution < 1.29 is 21.6 Å². The zero-order valence-corrected chi connectivity index (χ0v) is 12.4. The third kappa shape index (κ3) is 3.38. The molecular formula is C13H17F3N2O2S. The smallest absolute Gasteiger partial charge is 0.246 e. The van der Waals surface area contributed by atoms with Crippen LogP contribution in [0.1, 0.15) is 12.8 Å². The number of benzene rings is 1. The molecule has 0 saturated carbocycles. The summed E-state index contributed by atoms with van der Waals surface area (Å²) in [5, 5.41) is 2.97. The van der Waals surface area contributed by atoms with E-state index in [-0.39, 0.29) is 25.1 Å². The highest BCUT2D eigenvalue weighted by molar-refractivity contribution is 7.89. The van der Waals surface area contributed by atoms with E-state index in [0.29, 0.717) is 19.0 Å². The molecule has 0 radical (unpaired) electrons. The summed E-state index contributed by atoms with van der Waals surface area (Å²) in [6.45, 7) is 1.13. The largest absolute Gasteiger partial charge is 0.319 e. The van der Waals surface area contributed by atoms with E-state index in [1.807, 2.05) is 0 Å². The molecule has 0 amide bonds. The van der Waals surface area contributed by atoms with E-state index in [9.17, 15) is 21.6 Å². The molecule has 0 spiro atoms. The Bertz CT molecular complexity index is 620. The Morgan fingerprint density at radius 1 is 1.24 bits per heavy atom. The van der Waals surface area contributed by atoms with Crippen LogP contribution in [0.2, 0.25) is 0 Å². The van der Waals surface area contributed by atoms with Crippen molar-refractivity contribution in [2.24, 2.45) is 5.92 Å². The monoisotopic (exact) mass is 322 g/mol. The van der Waals surface area contributed by atoms with Crippen LogP contribution < -0.4 is 5.32 Å². The summed E-state index contributed by atoms with van der Waals surface area (Å²) in [7, 11) is -2.39. The lowest BCUT2D eigenvalue weighted by Crippen LogP contribution is -2.42. The maximum Gasteiger partial charge on any atom is 0.246 e. The Hall–Kier alpha value is -1.12. The van der Waals surface area contributed by atoms with Gasteiger partial charge in [0.25, 0.3) is 0 Å². The zero-order valence-electron chi connectivity index (χ0n) is 11.6. The second-order valence-electron chi connectivity index (χ2n) is 5.13. The molecule has 1 saturated heterocycles. The maximum atomic E-state index is 13.7. The van der Waals surface area contributed by atoms with Crippen LogP contribution in [0.5, 0.6) is 0 Å². The third-order valence-electron chi connectivity index (χ3n) is 3.57. The number of hydrogen-bond donors (Lipinski definition) is 1. The lowest BCUT2D eigenvalue weighted by molar-refractivity contribution is 0.262.